The molecule has 0 rings (SSSR count). The maximum atomic E-state index is 10.9. The summed E-state index contributed by atoms with van der Waals surface area (Å²) >= 11 is 0. The lowest BCUT2D eigenvalue weighted by molar-refractivity contribution is 0.157. The lowest BCUT2D eigenvalue weighted by Crippen LogP contribution is -2.44. The Morgan fingerprint density at radius 2 is 2.05 bits per heavy atom. The van der Waals surface area contributed by atoms with Crippen molar-refractivity contribution >= 4 is 15.8 Å². The smallest absolute Gasteiger partial charge is 0.191 e. The first-order chi connectivity index (χ1) is 9.39. The zero-order valence-electron chi connectivity index (χ0n) is 12.8. The highest BCUT2D eigenvalue weighted by molar-refractivity contribution is 7.90. The van der Waals surface area contributed by atoms with Crippen LogP contribution in [0.25, 0.3) is 0 Å². The number of guanidine groups is 1. The Kier molecular flexibility index (Phi) is 10.4. The molecule has 0 saturated heterocycles. The number of methoxy groups -OCH3 is 1. The molecule has 0 aliphatic carbocycles. The van der Waals surface area contributed by atoms with E-state index in [4.69, 9.17) is 9.47 Å². The molecule has 0 amide bonds. The molecule has 8 heteroatoms. The lowest BCUT2D eigenvalue weighted by atomic mass is 10.4. The minimum Gasteiger partial charge on any atom is -0.383 e. The van der Waals surface area contributed by atoms with Crippen molar-refractivity contribution in [3.63, 3.8) is 0 Å². The van der Waals surface area contributed by atoms with Crippen molar-refractivity contribution in [1.82, 2.24) is 10.6 Å². The van der Waals surface area contributed by atoms with Gasteiger partial charge in [0.1, 0.15) is 9.84 Å². The SMILES string of the molecule is CCNC(=NCCOCCS(C)(=O)=O)NC(C)COC. The molecule has 0 aromatic carbocycles. The van der Waals surface area contributed by atoms with Crippen LogP contribution in [0.4, 0.5) is 0 Å². The van der Waals surface area contributed by atoms with Crippen LogP contribution in [0.3, 0.4) is 0 Å². The summed E-state index contributed by atoms with van der Waals surface area (Å²) in [5.41, 5.74) is 0. The van der Waals surface area contributed by atoms with Gasteiger partial charge in [-0.05, 0) is 13.8 Å². The number of aliphatic imine (C=N–C) groups is 1. The minimum absolute atomic E-state index is 0.0416. The highest BCUT2D eigenvalue weighted by atomic mass is 32.2. The van der Waals surface area contributed by atoms with Crippen LogP contribution in [0.2, 0.25) is 0 Å². The molecule has 20 heavy (non-hydrogen) atoms. The van der Waals surface area contributed by atoms with Crippen molar-refractivity contribution in [3.05, 3.63) is 0 Å². The molecule has 0 bridgehead atoms. The van der Waals surface area contributed by atoms with Gasteiger partial charge in [-0.2, -0.15) is 0 Å². The number of ether oxygens (including phenoxy) is 2. The van der Waals surface area contributed by atoms with E-state index in [1.165, 1.54) is 6.26 Å². The van der Waals surface area contributed by atoms with E-state index in [2.05, 4.69) is 15.6 Å². The zero-order chi connectivity index (χ0) is 15.4. The van der Waals surface area contributed by atoms with Crippen molar-refractivity contribution in [2.75, 3.05) is 52.0 Å². The van der Waals surface area contributed by atoms with Gasteiger partial charge >= 0.3 is 0 Å². The zero-order valence-corrected chi connectivity index (χ0v) is 13.6. The molecular formula is C12H27N3O4S. The summed E-state index contributed by atoms with van der Waals surface area (Å²) < 4.78 is 32.1. The number of hydrogen-bond acceptors (Lipinski definition) is 5. The van der Waals surface area contributed by atoms with Gasteiger partial charge in [0.15, 0.2) is 5.96 Å². The van der Waals surface area contributed by atoms with Crippen LogP contribution < -0.4 is 10.6 Å². The summed E-state index contributed by atoms with van der Waals surface area (Å²) in [5.74, 6) is 0.740. The summed E-state index contributed by atoms with van der Waals surface area (Å²) in [6.45, 7) is 6.41. The van der Waals surface area contributed by atoms with Crippen LogP contribution in [0.1, 0.15) is 13.8 Å². The molecule has 1 atom stereocenters. The van der Waals surface area contributed by atoms with Crippen LogP contribution in [0.5, 0.6) is 0 Å². The van der Waals surface area contributed by atoms with Gasteiger partial charge < -0.3 is 20.1 Å². The second kappa shape index (κ2) is 10.9. The predicted molar refractivity (Wildman–Crippen MR) is 81.0 cm³/mol. The Labute approximate surface area is 122 Å². The molecule has 120 valence electrons. The Balaban J connectivity index is 3.96. The predicted octanol–water partition coefficient (Wildman–Crippen LogP) is -0.362. The van der Waals surface area contributed by atoms with Crippen molar-refractivity contribution in [2.24, 2.45) is 4.99 Å². The molecule has 1 unspecified atom stereocenters. The number of hydrogen-bond donors (Lipinski definition) is 2. The quantitative estimate of drug-likeness (QED) is 0.325. The maximum Gasteiger partial charge on any atom is 0.191 e. The fourth-order valence-electron chi connectivity index (χ4n) is 1.38. The molecule has 0 spiro atoms. The van der Waals surface area contributed by atoms with Gasteiger partial charge in [-0.3, -0.25) is 4.99 Å². The van der Waals surface area contributed by atoms with Gasteiger partial charge in [-0.1, -0.05) is 0 Å². The maximum absolute atomic E-state index is 10.9. The van der Waals surface area contributed by atoms with Gasteiger partial charge in [0.05, 0.1) is 32.1 Å². The normalized spacial score (nSPS) is 14.1. The second-order valence-electron chi connectivity index (χ2n) is 4.50. The van der Waals surface area contributed by atoms with Gasteiger partial charge in [-0.15, -0.1) is 0 Å². The third-order valence-corrected chi connectivity index (χ3v) is 3.16. The van der Waals surface area contributed by atoms with E-state index >= 15 is 0 Å². The third-order valence-electron chi connectivity index (χ3n) is 2.25. The first kappa shape index (κ1) is 19.1. The van der Waals surface area contributed by atoms with Crippen LogP contribution in [0.15, 0.2) is 4.99 Å². The Morgan fingerprint density at radius 3 is 2.60 bits per heavy atom. The van der Waals surface area contributed by atoms with Crippen molar-refractivity contribution in [1.29, 1.82) is 0 Å². The van der Waals surface area contributed by atoms with E-state index in [0.717, 1.165) is 6.54 Å². The Hall–Kier alpha value is -0.860. The molecule has 0 aromatic rings. The molecular weight excluding hydrogens is 282 g/mol. The van der Waals surface area contributed by atoms with Crippen molar-refractivity contribution < 1.29 is 17.9 Å². The Bertz CT molecular complexity index is 371. The monoisotopic (exact) mass is 309 g/mol. The van der Waals surface area contributed by atoms with E-state index < -0.39 is 9.84 Å². The first-order valence-electron chi connectivity index (χ1n) is 6.68. The van der Waals surface area contributed by atoms with Gasteiger partial charge in [0, 0.05) is 26.0 Å². The fourth-order valence-corrected chi connectivity index (χ4v) is 1.80. The molecule has 0 aliphatic heterocycles. The van der Waals surface area contributed by atoms with Gasteiger partial charge in [0.25, 0.3) is 0 Å². The van der Waals surface area contributed by atoms with Crippen LogP contribution in [-0.2, 0) is 19.3 Å². The summed E-state index contributed by atoms with van der Waals surface area (Å²) in [6, 6.07) is 0.156. The van der Waals surface area contributed by atoms with Crippen LogP contribution in [-0.4, -0.2) is 72.4 Å². The molecule has 0 heterocycles. The number of nitrogens with one attached hydrogen (secondary N) is 2. The molecule has 0 radical (unpaired) electrons. The molecule has 7 nitrogen and oxygen atoms in total. The summed E-state index contributed by atoms with van der Waals surface area (Å²) in [5, 5.41) is 6.32. The van der Waals surface area contributed by atoms with E-state index in [0.29, 0.717) is 25.7 Å². The first-order valence-corrected chi connectivity index (χ1v) is 8.74. The molecule has 2 N–H and O–H groups in total. The number of nitrogens with zero attached hydrogens (tertiary/aromatic N) is 1. The Morgan fingerprint density at radius 1 is 1.35 bits per heavy atom. The van der Waals surface area contributed by atoms with Gasteiger partial charge in [0.2, 0.25) is 0 Å². The van der Waals surface area contributed by atoms with E-state index in [9.17, 15) is 8.42 Å². The van der Waals surface area contributed by atoms with Crippen molar-refractivity contribution in [3.8, 4) is 0 Å². The average Bonchev–Trinajstić information content (AvgIpc) is 2.32. The average molecular weight is 309 g/mol. The molecule has 0 fully saturated rings. The molecule has 0 aliphatic rings. The highest BCUT2D eigenvalue weighted by Crippen LogP contribution is 1.86. The molecule has 0 aromatic heterocycles. The third kappa shape index (κ3) is 12.2. The van der Waals surface area contributed by atoms with Crippen LogP contribution >= 0.6 is 0 Å². The fraction of sp³-hybridized carbons (Fsp3) is 0.917. The lowest BCUT2D eigenvalue weighted by Gasteiger charge is -2.16. The van der Waals surface area contributed by atoms with Crippen molar-refractivity contribution in [2.45, 2.75) is 19.9 Å². The summed E-state index contributed by atoms with van der Waals surface area (Å²) in [6.07, 6.45) is 1.19. The van der Waals surface area contributed by atoms with Crippen LogP contribution in [0, 0.1) is 0 Å². The summed E-state index contributed by atoms with van der Waals surface area (Å²) in [7, 11) is -1.31. The van der Waals surface area contributed by atoms with E-state index in [1.54, 1.807) is 7.11 Å². The van der Waals surface area contributed by atoms with Gasteiger partial charge in [-0.25, -0.2) is 8.42 Å². The highest BCUT2D eigenvalue weighted by Gasteiger charge is 2.04. The largest absolute Gasteiger partial charge is 0.383 e. The number of rotatable bonds is 10. The van der Waals surface area contributed by atoms with E-state index in [-0.39, 0.29) is 18.4 Å². The molecule has 0 saturated carbocycles. The summed E-state index contributed by atoms with van der Waals surface area (Å²) in [4.78, 5) is 4.33. The number of sulfone groups is 1. The standard InChI is InChI=1S/C12H27N3O4S/c1-5-13-12(15-11(2)10-18-3)14-6-7-19-8-9-20(4,16)17/h11H,5-10H2,1-4H3,(H2,13,14,15). The topological polar surface area (TPSA) is 89.0 Å². The minimum atomic E-state index is -2.96. The van der Waals surface area contributed by atoms with E-state index in [1.807, 2.05) is 13.8 Å². The second-order valence-corrected chi connectivity index (χ2v) is 6.76.